The van der Waals surface area contributed by atoms with Crippen LogP contribution in [-0.2, 0) is 23.1 Å². The SMILES string of the molecule is Cc1ncc(CNC(=O)c2cnc(CNS(=O)(=O)c3ccccc3F)cn2)s1. The molecule has 0 bridgehead atoms. The lowest BCUT2D eigenvalue weighted by molar-refractivity contribution is 0.0946. The minimum atomic E-state index is -4.03. The Hall–Kier alpha value is -2.76. The monoisotopic (exact) mass is 421 g/mol. The number of carbonyl (C=O) groups is 1. The third-order valence-corrected chi connectivity index (χ3v) is 5.95. The minimum absolute atomic E-state index is 0.0990. The van der Waals surface area contributed by atoms with Gasteiger partial charge in [0.2, 0.25) is 10.0 Å². The number of thiazole rings is 1. The van der Waals surface area contributed by atoms with Gasteiger partial charge in [-0.05, 0) is 19.1 Å². The molecular formula is C17H16FN5O3S2. The van der Waals surface area contributed by atoms with E-state index in [1.165, 1.54) is 41.9 Å². The number of benzene rings is 1. The molecule has 1 aromatic carbocycles. The van der Waals surface area contributed by atoms with Gasteiger partial charge in [0, 0.05) is 11.1 Å². The highest BCUT2D eigenvalue weighted by Crippen LogP contribution is 2.13. The predicted molar refractivity (Wildman–Crippen MR) is 100 cm³/mol. The molecule has 0 aliphatic rings. The molecule has 0 spiro atoms. The Morgan fingerprint density at radius 2 is 1.89 bits per heavy atom. The summed E-state index contributed by atoms with van der Waals surface area (Å²) >= 11 is 1.48. The summed E-state index contributed by atoms with van der Waals surface area (Å²) in [4.78, 5) is 24.7. The van der Waals surface area contributed by atoms with E-state index in [4.69, 9.17) is 0 Å². The lowest BCUT2D eigenvalue weighted by atomic mass is 10.3. The van der Waals surface area contributed by atoms with Crippen molar-refractivity contribution in [3.63, 3.8) is 0 Å². The quantitative estimate of drug-likeness (QED) is 0.601. The zero-order chi connectivity index (χ0) is 20.1. The van der Waals surface area contributed by atoms with Crippen LogP contribution in [-0.4, -0.2) is 29.3 Å². The minimum Gasteiger partial charge on any atom is -0.346 e. The van der Waals surface area contributed by atoms with Crippen LogP contribution < -0.4 is 10.0 Å². The molecule has 0 saturated heterocycles. The first kappa shape index (κ1) is 20.0. The highest BCUT2D eigenvalue weighted by Gasteiger charge is 2.18. The number of hydrogen-bond donors (Lipinski definition) is 2. The molecule has 1 amide bonds. The number of rotatable bonds is 7. The summed E-state index contributed by atoms with van der Waals surface area (Å²) in [5.41, 5.74) is 0.386. The van der Waals surface area contributed by atoms with Crippen LogP contribution in [0, 0.1) is 12.7 Å². The maximum Gasteiger partial charge on any atom is 0.271 e. The molecule has 2 N–H and O–H groups in total. The zero-order valence-corrected chi connectivity index (χ0v) is 16.3. The number of sulfonamides is 1. The second kappa shape index (κ2) is 8.50. The van der Waals surface area contributed by atoms with E-state index < -0.39 is 26.6 Å². The van der Waals surface area contributed by atoms with Crippen molar-refractivity contribution in [2.75, 3.05) is 0 Å². The molecule has 0 fully saturated rings. The third kappa shape index (κ3) is 4.94. The summed E-state index contributed by atoms with van der Waals surface area (Å²) in [6.45, 7) is 2.02. The van der Waals surface area contributed by atoms with E-state index in [2.05, 4.69) is 25.0 Å². The van der Waals surface area contributed by atoms with Gasteiger partial charge in [-0.25, -0.2) is 27.5 Å². The molecule has 0 aliphatic heterocycles. The van der Waals surface area contributed by atoms with Crippen LogP contribution in [0.4, 0.5) is 4.39 Å². The van der Waals surface area contributed by atoms with Crippen LogP contribution >= 0.6 is 11.3 Å². The van der Waals surface area contributed by atoms with Crippen molar-refractivity contribution >= 4 is 27.3 Å². The van der Waals surface area contributed by atoms with Crippen LogP contribution in [0.5, 0.6) is 0 Å². The Morgan fingerprint density at radius 1 is 1.11 bits per heavy atom. The maximum absolute atomic E-state index is 13.7. The molecule has 0 unspecified atom stereocenters. The zero-order valence-electron chi connectivity index (χ0n) is 14.7. The first-order chi connectivity index (χ1) is 13.3. The molecule has 0 radical (unpaired) electrons. The number of nitrogens with zero attached hydrogens (tertiary/aromatic N) is 3. The van der Waals surface area contributed by atoms with E-state index in [9.17, 15) is 17.6 Å². The van der Waals surface area contributed by atoms with E-state index in [1.807, 2.05) is 6.92 Å². The van der Waals surface area contributed by atoms with Gasteiger partial charge in [0.05, 0.1) is 36.2 Å². The fourth-order valence-corrected chi connectivity index (χ4v) is 4.03. The third-order valence-electron chi connectivity index (χ3n) is 3.60. The van der Waals surface area contributed by atoms with Gasteiger partial charge in [0.1, 0.15) is 16.4 Å². The second-order valence-electron chi connectivity index (χ2n) is 5.68. The Kier molecular flexibility index (Phi) is 6.07. The summed E-state index contributed by atoms with van der Waals surface area (Å²) in [5, 5.41) is 3.62. The number of halogens is 1. The molecule has 2 heterocycles. The first-order valence-electron chi connectivity index (χ1n) is 8.10. The summed E-state index contributed by atoms with van der Waals surface area (Å²) in [5.74, 6) is -1.25. The van der Waals surface area contributed by atoms with Gasteiger partial charge in [-0.15, -0.1) is 11.3 Å². The van der Waals surface area contributed by atoms with Gasteiger partial charge >= 0.3 is 0 Å². The topological polar surface area (TPSA) is 114 Å². The normalized spacial score (nSPS) is 11.4. The van der Waals surface area contributed by atoms with Crippen molar-refractivity contribution in [1.82, 2.24) is 25.0 Å². The molecule has 8 nitrogen and oxygen atoms in total. The van der Waals surface area contributed by atoms with Gasteiger partial charge < -0.3 is 5.32 Å². The molecule has 28 heavy (non-hydrogen) atoms. The Bertz CT molecular complexity index is 1080. The number of aromatic nitrogens is 3. The average Bonchev–Trinajstić information content (AvgIpc) is 3.10. The van der Waals surface area contributed by atoms with Crippen molar-refractivity contribution in [1.29, 1.82) is 0 Å². The van der Waals surface area contributed by atoms with E-state index in [1.54, 1.807) is 6.20 Å². The number of nitrogens with one attached hydrogen (secondary N) is 2. The number of aryl methyl sites for hydroxylation is 1. The van der Waals surface area contributed by atoms with Gasteiger partial charge in [-0.1, -0.05) is 12.1 Å². The fourth-order valence-electron chi connectivity index (χ4n) is 2.22. The second-order valence-corrected chi connectivity index (χ2v) is 8.73. The van der Waals surface area contributed by atoms with Gasteiger partial charge in [-0.2, -0.15) is 0 Å². The van der Waals surface area contributed by atoms with Crippen LogP contribution in [0.1, 0.15) is 26.1 Å². The van der Waals surface area contributed by atoms with E-state index in [0.29, 0.717) is 6.54 Å². The Balaban J connectivity index is 1.58. The molecule has 11 heteroatoms. The van der Waals surface area contributed by atoms with Crippen molar-refractivity contribution < 1.29 is 17.6 Å². The van der Waals surface area contributed by atoms with Crippen LogP contribution in [0.3, 0.4) is 0 Å². The number of hydrogen-bond acceptors (Lipinski definition) is 7. The van der Waals surface area contributed by atoms with Crippen molar-refractivity contribution in [2.24, 2.45) is 0 Å². The van der Waals surface area contributed by atoms with E-state index in [0.717, 1.165) is 16.0 Å². The molecule has 0 aliphatic carbocycles. The highest BCUT2D eigenvalue weighted by molar-refractivity contribution is 7.89. The molecule has 0 atom stereocenters. The smallest absolute Gasteiger partial charge is 0.271 e. The summed E-state index contributed by atoms with van der Waals surface area (Å²) < 4.78 is 40.2. The number of amides is 1. The first-order valence-corrected chi connectivity index (χ1v) is 10.4. The Morgan fingerprint density at radius 3 is 2.54 bits per heavy atom. The standard InChI is InChI=1S/C17H16FN5O3S2/c1-11-19-8-13(27-11)9-22-17(24)15-10-20-12(6-21-15)7-23-28(25,26)16-5-3-2-4-14(16)18/h2-6,8,10,23H,7,9H2,1H3,(H,22,24). The summed E-state index contributed by atoms with van der Waals surface area (Å²) in [6, 6.07) is 5.06. The Labute approximate surface area is 164 Å². The van der Waals surface area contributed by atoms with Crippen LogP contribution in [0.15, 0.2) is 47.8 Å². The van der Waals surface area contributed by atoms with Gasteiger partial charge in [0.25, 0.3) is 5.91 Å². The average molecular weight is 421 g/mol. The van der Waals surface area contributed by atoms with Gasteiger partial charge in [0.15, 0.2) is 0 Å². The lowest BCUT2D eigenvalue weighted by Crippen LogP contribution is -2.26. The van der Waals surface area contributed by atoms with E-state index in [-0.39, 0.29) is 17.9 Å². The highest BCUT2D eigenvalue weighted by atomic mass is 32.2. The molecular weight excluding hydrogens is 405 g/mol. The fraction of sp³-hybridized carbons (Fsp3) is 0.176. The van der Waals surface area contributed by atoms with Crippen molar-refractivity contribution in [3.05, 3.63) is 69.9 Å². The van der Waals surface area contributed by atoms with E-state index >= 15 is 0 Å². The molecule has 0 saturated carbocycles. The maximum atomic E-state index is 13.7. The largest absolute Gasteiger partial charge is 0.346 e. The van der Waals surface area contributed by atoms with Crippen LogP contribution in [0.25, 0.3) is 0 Å². The molecule has 2 aromatic heterocycles. The predicted octanol–water partition coefficient (Wildman–Crippen LogP) is 1.79. The molecule has 146 valence electrons. The number of carbonyl (C=O) groups excluding carboxylic acids is 1. The summed E-state index contributed by atoms with van der Waals surface area (Å²) in [6.07, 6.45) is 4.23. The summed E-state index contributed by atoms with van der Waals surface area (Å²) in [7, 11) is -4.03. The lowest BCUT2D eigenvalue weighted by Gasteiger charge is -2.07. The molecule has 3 rings (SSSR count). The molecule has 3 aromatic rings. The van der Waals surface area contributed by atoms with Crippen LogP contribution in [0.2, 0.25) is 0 Å². The van der Waals surface area contributed by atoms with Gasteiger partial charge in [-0.3, -0.25) is 9.78 Å². The van der Waals surface area contributed by atoms with Crippen molar-refractivity contribution in [2.45, 2.75) is 24.9 Å². The van der Waals surface area contributed by atoms with Crippen molar-refractivity contribution in [3.8, 4) is 0 Å².